The monoisotopic (exact) mass is 431 g/mol. The number of anilines is 1. The SMILES string of the molecule is Clc1cccc(N2CCN(CCN3CCC(Cc4ccccc4)CC3)CC2)c1Cl. The van der Waals surface area contributed by atoms with Gasteiger partial charge < -0.3 is 9.80 Å². The van der Waals surface area contributed by atoms with Crippen LogP contribution in [0.25, 0.3) is 0 Å². The van der Waals surface area contributed by atoms with Crippen LogP contribution in [0.1, 0.15) is 18.4 Å². The Balaban J connectivity index is 1.16. The fourth-order valence-corrected chi connectivity index (χ4v) is 5.01. The first-order valence-corrected chi connectivity index (χ1v) is 11.6. The number of piperazine rings is 1. The van der Waals surface area contributed by atoms with Gasteiger partial charge in [-0.2, -0.15) is 0 Å². The summed E-state index contributed by atoms with van der Waals surface area (Å²) in [6.07, 6.45) is 3.90. The standard InChI is InChI=1S/C24H31Cl2N3/c25-22-7-4-8-23(24(22)26)29-17-15-28(16-18-29)14-13-27-11-9-21(10-12-27)19-20-5-2-1-3-6-20/h1-8,21H,9-19H2. The van der Waals surface area contributed by atoms with E-state index >= 15 is 0 Å². The van der Waals surface area contributed by atoms with Crippen LogP contribution in [-0.4, -0.2) is 62.2 Å². The van der Waals surface area contributed by atoms with E-state index in [9.17, 15) is 0 Å². The van der Waals surface area contributed by atoms with Crippen LogP contribution in [0.15, 0.2) is 48.5 Å². The summed E-state index contributed by atoms with van der Waals surface area (Å²) < 4.78 is 0. The van der Waals surface area contributed by atoms with E-state index in [1.165, 1.54) is 51.0 Å². The number of nitrogens with zero attached hydrogens (tertiary/aromatic N) is 3. The fourth-order valence-electron chi connectivity index (χ4n) is 4.59. The number of rotatable bonds is 6. The predicted molar refractivity (Wildman–Crippen MR) is 124 cm³/mol. The zero-order chi connectivity index (χ0) is 20.1. The third-order valence-electron chi connectivity index (χ3n) is 6.45. The summed E-state index contributed by atoms with van der Waals surface area (Å²) in [4.78, 5) is 7.60. The minimum Gasteiger partial charge on any atom is -0.368 e. The molecule has 0 N–H and O–H groups in total. The lowest BCUT2D eigenvalue weighted by Crippen LogP contribution is -2.49. The molecule has 0 unspecified atom stereocenters. The first-order valence-electron chi connectivity index (χ1n) is 10.9. The Labute approximate surface area is 185 Å². The van der Waals surface area contributed by atoms with E-state index in [2.05, 4.69) is 51.1 Å². The van der Waals surface area contributed by atoms with E-state index < -0.39 is 0 Å². The Morgan fingerprint density at radius 1 is 0.724 bits per heavy atom. The van der Waals surface area contributed by atoms with Crippen molar-refractivity contribution in [2.75, 3.05) is 57.3 Å². The molecule has 0 aromatic heterocycles. The average Bonchev–Trinajstić information content (AvgIpc) is 2.76. The van der Waals surface area contributed by atoms with Gasteiger partial charge in [-0.05, 0) is 56.0 Å². The lowest BCUT2D eigenvalue weighted by molar-refractivity contribution is 0.152. The van der Waals surface area contributed by atoms with Gasteiger partial charge in [-0.15, -0.1) is 0 Å². The molecule has 0 radical (unpaired) electrons. The maximum absolute atomic E-state index is 6.39. The third kappa shape index (κ3) is 5.67. The molecule has 0 bridgehead atoms. The minimum atomic E-state index is 0.641. The lowest BCUT2D eigenvalue weighted by Gasteiger charge is -2.38. The molecule has 2 aliphatic heterocycles. The Bertz CT molecular complexity index is 767. The highest BCUT2D eigenvalue weighted by atomic mass is 35.5. The van der Waals surface area contributed by atoms with E-state index in [-0.39, 0.29) is 0 Å². The third-order valence-corrected chi connectivity index (χ3v) is 7.26. The Kier molecular flexibility index (Phi) is 7.36. The van der Waals surface area contributed by atoms with Crippen LogP contribution in [0, 0.1) is 5.92 Å². The van der Waals surface area contributed by atoms with Crippen LogP contribution in [0.5, 0.6) is 0 Å². The van der Waals surface area contributed by atoms with E-state index in [1.807, 2.05) is 12.1 Å². The number of halogens is 2. The summed E-state index contributed by atoms with van der Waals surface area (Å²) in [5.74, 6) is 0.847. The van der Waals surface area contributed by atoms with Crippen molar-refractivity contribution in [3.8, 4) is 0 Å². The number of benzene rings is 2. The molecule has 3 nitrogen and oxygen atoms in total. The summed E-state index contributed by atoms with van der Waals surface area (Å²) in [5, 5.41) is 1.32. The van der Waals surface area contributed by atoms with Gasteiger partial charge in [0.2, 0.25) is 0 Å². The molecule has 2 aromatic rings. The molecule has 5 heteroatoms. The zero-order valence-corrected chi connectivity index (χ0v) is 18.6. The van der Waals surface area contributed by atoms with E-state index in [0.717, 1.165) is 37.8 Å². The fraction of sp³-hybridized carbons (Fsp3) is 0.500. The van der Waals surface area contributed by atoms with Crippen molar-refractivity contribution in [3.05, 3.63) is 64.1 Å². The van der Waals surface area contributed by atoms with Gasteiger partial charge in [-0.1, -0.05) is 59.6 Å². The number of hydrogen-bond donors (Lipinski definition) is 0. The van der Waals surface area contributed by atoms with Crippen LogP contribution in [-0.2, 0) is 6.42 Å². The Morgan fingerprint density at radius 3 is 2.07 bits per heavy atom. The molecular formula is C24H31Cl2N3. The van der Waals surface area contributed by atoms with Gasteiger partial charge in [-0.25, -0.2) is 0 Å². The maximum atomic E-state index is 6.39. The summed E-state index contributed by atoms with van der Waals surface area (Å²) in [5.41, 5.74) is 2.56. The van der Waals surface area contributed by atoms with Gasteiger partial charge in [0, 0.05) is 39.3 Å². The highest BCUT2D eigenvalue weighted by Crippen LogP contribution is 2.32. The first-order chi connectivity index (χ1) is 14.2. The number of piperidine rings is 1. The van der Waals surface area contributed by atoms with Crippen LogP contribution in [0.2, 0.25) is 10.0 Å². The quantitative estimate of drug-likeness (QED) is 0.631. The largest absolute Gasteiger partial charge is 0.368 e. The minimum absolute atomic E-state index is 0.641. The number of likely N-dealkylation sites (tertiary alicyclic amines) is 1. The topological polar surface area (TPSA) is 9.72 Å². The lowest BCUT2D eigenvalue weighted by atomic mass is 9.90. The maximum Gasteiger partial charge on any atom is 0.0825 e. The van der Waals surface area contributed by atoms with E-state index in [4.69, 9.17) is 23.2 Å². The summed E-state index contributed by atoms with van der Waals surface area (Å²) in [6.45, 7) is 9.06. The van der Waals surface area contributed by atoms with Crippen molar-refractivity contribution in [1.29, 1.82) is 0 Å². The smallest absolute Gasteiger partial charge is 0.0825 e. The molecule has 4 rings (SSSR count). The summed E-state index contributed by atoms with van der Waals surface area (Å²) >= 11 is 12.6. The van der Waals surface area contributed by atoms with Crippen molar-refractivity contribution < 1.29 is 0 Å². The van der Waals surface area contributed by atoms with Gasteiger partial charge in [0.05, 0.1) is 15.7 Å². The van der Waals surface area contributed by atoms with E-state index in [0.29, 0.717) is 10.0 Å². The van der Waals surface area contributed by atoms with Gasteiger partial charge >= 0.3 is 0 Å². The van der Waals surface area contributed by atoms with Crippen LogP contribution in [0.4, 0.5) is 5.69 Å². The van der Waals surface area contributed by atoms with Crippen molar-refractivity contribution in [2.45, 2.75) is 19.3 Å². The average molecular weight is 432 g/mol. The van der Waals surface area contributed by atoms with Gasteiger partial charge in [0.15, 0.2) is 0 Å². The van der Waals surface area contributed by atoms with Crippen LogP contribution < -0.4 is 4.90 Å². The van der Waals surface area contributed by atoms with Crippen molar-refractivity contribution in [1.82, 2.24) is 9.80 Å². The molecule has 2 saturated heterocycles. The van der Waals surface area contributed by atoms with E-state index in [1.54, 1.807) is 0 Å². The van der Waals surface area contributed by atoms with Gasteiger partial charge in [-0.3, -0.25) is 4.90 Å². The molecule has 29 heavy (non-hydrogen) atoms. The van der Waals surface area contributed by atoms with Crippen molar-refractivity contribution in [2.24, 2.45) is 5.92 Å². The molecule has 2 heterocycles. The second-order valence-corrected chi connectivity index (χ2v) is 9.16. The Morgan fingerprint density at radius 2 is 1.38 bits per heavy atom. The molecule has 0 spiro atoms. The zero-order valence-electron chi connectivity index (χ0n) is 17.1. The molecule has 2 aliphatic rings. The highest BCUT2D eigenvalue weighted by Gasteiger charge is 2.22. The second-order valence-electron chi connectivity index (χ2n) is 8.38. The van der Waals surface area contributed by atoms with Crippen molar-refractivity contribution in [3.63, 3.8) is 0 Å². The normalized spacial score (nSPS) is 19.6. The molecule has 156 valence electrons. The van der Waals surface area contributed by atoms with Crippen LogP contribution >= 0.6 is 23.2 Å². The summed E-state index contributed by atoms with van der Waals surface area (Å²) in [6, 6.07) is 16.9. The molecule has 0 saturated carbocycles. The summed E-state index contributed by atoms with van der Waals surface area (Å²) in [7, 11) is 0. The van der Waals surface area contributed by atoms with Gasteiger partial charge in [0.1, 0.15) is 0 Å². The molecule has 2 fully saturated rings. The highest BCUT2D eigenvalue weighted by molar-refractivity contribution is 6.43. The van der Waals surface area contributed by atoms with Gasteiger partial charge in [0.25, 0.3) is 0 Å². The predicted octanol–water partition coefficient (Wildman–Crippen LogP) is 5.07. The molecular weight excluding hydrogens is 401 g/mol. The second kappa shape index (κ2) is 10.2. The Hall–Kier alpha value is -1.26. The molecule has 2 aromatic carbocycles. The molecule has 0 amide bonds. The first kappa shape index (κ1) is 21.0. The number of hydrogen-bond acceptors (Lipinski definition) is 3. The molecule has 0 aliphatic carbocycles. The van der Waals surface area contributed by atoms with Crippen LogP contribution in [0.3, 0.4) is 0 Å². The molecule has 0 atom stereocenters. The van der Waals surface area contributed by atoms with Crippen molar-refractivity contribution >= 4 is 28.9 Å².